The molecule has 0 fully saturated rings. The van der Waals surface area contributed by atoms with Crippen LogP contribution in [0.5, 0.6) is 11.5 Å². The first-order chi connectivity index (χ1) is 8.60. The zero-order valence-corrected chi connectivity index (χ0v) is 11.3. The zero-order valence-electron chi connectivity index (χ0n) is 8.99. The van der Waals surface area contributed by atoms with Gasteiger partial charge in [-0.2, -0.15) is 0 Å². The van der Waals surface area contributed by atoms with Gasteiger partial charge in [0.15, 0.2) is 6.29 Å². The van der Waals surface area contributed by atoms with Gasteiger partial charge < -0.3 is 4.74 Å². The van der Waals surface area contributed by atoms with Crippen LogP contribution in [0, 0.1) is 5.82 Å². The van der Waals surface area contributed by atoms with E-state index in [1.165, 1.54) is 18.2 Å². The summed E-state index contributed by atoms with van der Waals surface area (Å²) in [6.07, 6.45) is 0.673. The van der Waals surface area contributed by atoms with Gasteiger partial charge in [0.1, 0.15) is 17.3 Å². The number of hydrogen-bond acceptors (Lipinski definition) is 2. The second-order valence-electron chi connectivity index (χ2n) is 3.48. The van der Waals surface area contributed by atoms with Crippen molar-refractivity contribution in [2.24, 2.45) is 0 Å². The molecule has 5 heteroatoms. The van der Waals surface area contributed by atoms with E-state index >= 15 is 0 Å². The van der Waals surface area contributed by atoms with Crippen molar-refractivity contribution in [2.75, 3.05) is 0 Å². The molecular formula is C13H7BrClFO2. The summed E-state index contributed by atoms with van der Waals surface area (Å²) < 4.78 is 19.4. The van der Waals surface area contributed by atoms with Crippen LogP contribution in [-0.2, 0) is 0 Å². The van der Waals surface area contributed by atoms with Crippen molar-refractivity contribution in [3.8, 4) is 11.5 Å². The standard InChI is InChI=1S/C13H7BrClFO2/c14-9-1-4-13(8(5-9)7-17)18-10-2-3-11(15)12(16)6-10/h1-7H. The van der Waals surface area contributed by atoms with E-state index in [-0.39, 0.29) is 10.8 Å². The van der Waals surface area contributed by atoms with E-state index in [0.29, 0.717) is 17.6 Å². The van der Waals surface area contributed by atoms with Crippen molar-refractivity contribution in [1.29, 1.82) is 0 Å². The maximum atomic E-state index is 13.2. The Balaban J connectivity index is 2.33. The number of aldehydes is 1. The third kappa shape index (κ3) is 2.89. The third-order valence-corrected chi connectivity index (χ3v) is 3.02. The van der Waals surface area contributed by atoms with E-state index in [4.69, 9.17) is 16.3 Å². The summed E-state index contributed by atoms with van der Waals surface area (Å²) in [7, 11) is 0. The lowest BCUT2D eigenvalue weighted by molar-refractivity contribution is 0.112. The van der Waals surface area contributed by atoms with Gasteiger partial charge in [0.25, 0.3) is 0 Å². The number of rotatable bonds is 3. The number of benzene rings is 2. The minimum atomic E-state index is -0.570. The molecule has 0 atom stereocenters. The van der Waals surface area contributed by atoms with Gasteiger partial charge in [-0.05, 0) is 30.3 Å². The van der Waals surface area contributed by atoms with Gasteiger partial charge in [0.2, 0.25) is 0 Å². The van der Waals surface area contributed by atoms with Crippen molar-refractivity contribution in [1.82, 2.24) is 0 Å². The largest absolute Gasteiger partial charge is 0.457 e. The van der Waals surface area contributed by atoms with Crippen molar-refractivity contribution < 1.29 is 13.9 Å². The Labute approximate surface area is 116 Å². The molecule has 0 heterocycles. The SMILES string of the molecule is O=Cc1cc(Br)ccc1Oc1ccc(Cl)c(F)c1. The van der Waals surface area contributed by atoms with E-state index in [9.17, 15) is 9.18 Å². The minimum Gasteiger partial charge on any atom is -0.457 e. The molecule has 0 saturated carbocycles. The van der Waals surface area contributed by atoms with E-state index in [2.05, 4.69) is 15.9 Å². The predicted molar refractivity (Wildman–Crippen MR) is 71.0 cm³/mol. The number of halogens is 3. The highest BCUT2D eigenvalue weighted by Crippen LogP contribution is 2.29. The Bertz CT molecular complexity index is 602. The molecule has 0 aromatic heterocycles. The summed E-state index contributed by atoms with van der Waals surface area (Å²) in [5.74, 6) is 0.0659. The van der Waals surface area contributed by atoms with E-state index in [1.54, 1.807) is 18.2 Å². The predicted octanol–water partition coefficient (Wildman–Crippen LogP) is 4.85. The van der Waals surface area contributed by atoms with Crippen LogP contribution in [0.25, 0.3) is 0 Å². The molecule has 92 valence electrons. The van der Waals surface area contributed by atoms with Gasteiger partial charge in [0, 0.05) is 10.5 Å². The van der Waals surface area contributed by atoms with Crippen LogP contribution in [0.3, 0.4) is 0 Å². The molecule has 0 spiro atoms. The van der Waals surface area contributed by atoms with Gasteiger partial charge in [-0.3, -0.25) is 4.79 Å². The summed E-state index contributed by atoms with van der Waals surface area (Å²) in [5.41, 5.74) is 0.375. The summed E-state index contributed by atoms with van der Waals surface area (Å²) in [5, 5.41) is 0.0220. The van der Waals surface area contributed by atoms with Gasteiger partial charge >= 0.3 is 0 Å². The van der Waals surface area contributed by atoms with Crippen molar-refractivity contribution in [3.63, 3.8) is 0 Å². The second kappa shape index (κ2) is 5.50. The summed E-state index contributed by atoms with van der Waals surface area (Å²) in [6.45, 7) is 0. The lowest BCUT2D eigenvalue weighted by atomic mass is 10.2. The molecule has 2 aromatic rings. The fourth-order valence-corrected chi connectivity index (χ4v) is 1.87. The molecular weight excluding hydrogens is 322 g/mol. The lowest BCUT2D eigenvalue weighted by Crippen LogP contribution is -1.91. The molecule has 0 bridgehead atoms. The number of hydrogen-bond donors (Lipinski definition) is 0. The van der Waals surface area contributed by atoms with Crippen LogP contribution < -0.4 is 4.74 Å². The van der Waals surface area contributed by atoms with Crippen molar-refractivity contribution >= 4 is 33.8 Å². The highest BCUT2D eigenvalue weighted by atomic mass is 79.9. The first-order valence-electron chi connectivity index (χ1n) is 4.98. The topological polar surface area (TPSA) is 26.3 Å². The van der Waals surface area contributed by atoms with Gasteiger partial charge in [-0.1, -0.05) is 27.5 Å². The quantitative estimate of drug-likeness (QED) is 0.753. The summed E-state index contributed by atoms with van der Waals surface area (Å²) in [4.78, 5) is 10.9. The van der Waals surface area contributed by atoms with Crippen LogP contribution in [0.15, 0.2) is 40.9 Å². The molecule has 18 heavy (non-hydrogen) atoms. The third-order valence-electron chi connectivity index (χ3n) is 2.22. The van der Waals surface area contributed by atoms with Crippen LogP contribution >= 0.6 is 27.5 Å². The van der Waals surface area contributed by atoms with Gasteiger partial charge in [-0.15, -0.1) is 0 Å². The van der Waals surface area contributed by atoms with E-state index in [0.717, 1.165) is 4.47 Å². The Morgan fingerprint density at radius 3 is 2.67 bits per heavy atom. The molecule has 2 aromatic carbocycles. The van der Waals surface area contributed by atoms with Gasteiger partial charge in [-0.25, -0.2) is 4.39 Å². The molecule has 0 aliphatic rings. The molecule has 0 saturated heterocycles. The molecule has 2 nitrogen and oxygen atoms in total. The molecule has 2 rings (SSSR count). The second-order valence-corrected chi connectivity index (χ2v) is 4.80. The Morgan fingerprint density at radius 2 is 2.00 bits per heavy atom. The first kappa shape index (κ1) is 13.1. The number of ether oxygens (including phenoxy) is 1. The maximum absolute atomic E-state index is 13.2. The molecule has 0 amide bonds. The Hall–Kier alpha value is -1.39. The highest BCUT2D eigenvalue weighted by molar-refractivity contribution is 9.10. The van der Waals surface area contributed by atoms with Crippen LogP contribution in [0.1, 0.15) is 10.4 Å². The minimum absolute atomic E-state index is 0.0220. The van der Waals surface area contributed by atoms with Crippen LogP contribution in [0.2, 0.25) is 5.02 Å². The van der Waals surface area contributed by atoms with Crippen LogP contribution in [0.4, 0.5) is 4.39 Å². The Kier molecular flexibility index (Phi) is 3.99. The van der Waals surface area contributed by atoms with E-state index < -0.39 is 5.82 Å². The monoisotopic (exact) mass is 328 g/mol. The first-order valence-corrected chi connectivity index (χ1v) is 6.15. The normalized spacial score (nSPS) is 10.2. The van der Waals surface area contributed by atoms with Crippen LogP contribution in [-0.4, -0.2) is 6.29 Å². The van der Waals surface area contributed by atoms with E-state index in [1.807, 2.05) is 0 Å². The molecule has 0 aliphatic carbocycles. The average Bonchev–Trinajstić information content (AvgIpc) is 2.36. The fraction of sp³-hybridized carbons (Fsp3) is 0. The summed E-state index contributed by atoms with van der Waals surface area (Å²) in [6, 6.07) is 9.07. The average molecular weight is 330 g/mol. The molecule has 0 radical (unpaired) electrons. The number of carbonyl (C=O) groups excluding carboxylic acids is 1. The molecule has 0 N–H and O–H groups in total. The zero-order chi connectivity index (χ0) is 13.1. The van der Waals surface area contributed by atoms with Gasteiger partial charge in [0.05, 0.1) is 10.6 Å². The van der Waals surface area contributed by atoms with Crippen molar-refractivity contribution in [3.05, 3.63) is 57.3 Å². The smallest absolute Gasteiger partial charge is 0.153 e. The molecule has 0 aliphatic heterocycles. The van der Waals surface area contributed by atoms with Crippen molar-refractivity contribution in [2.45, 2.75) is 0 Å². The highest BCUT2D eigenvalue weighted by Gasteiger charge is 2.07. The Morgan fingerprint density at radius 1 is 1.22 bits per heavy atom. The fourth-order valence-electron chi connectivity index (χ4n) is 1.37. The maximum Gasteiger partial charge on any atom is 0.153 e. The lowest BCUT2D eigenvalue weighted by Gasteiger charge is -2.08. The molecule has 0 unspecified atom stereocenters. The number of carbonyl (C=O) groups is 1. The summed E-state index contributed by atoms with van der Waals surface area (Å²) >= 11 is 8.82.